The molecule has 5 rings (SSSR count). The van der Waals surface area contributed by atoms with E-state index in [0.717, 1.165) is 17.8 Å². The first kappa shape index (κ1) is 29.8. The van der Waals surface area contributed by atoms with E-state index >= 15 is 0 Å². The van der Waals surface area contributed by atoms with Crippen LogP contribution in [0.15, 0.2) is 89.4 Å². The highest BCUT2D eigenvalue weighted by Crippen LogP contribution is 2.33. The molecule has 0 bridgehead atoms. The molecule has 11 heteroatoms. The second-order valence-corrected chi connectivity index (χ2v) is 10.2. The summed E-state index contributed by atoms with van der Waals surface area (Å²) in [6.45, 7) is 2.32. The van der Waals surface area contributed by atoms with Gasteiger partial charge in [-0.15, -0.1) is 0 Å². The Kier molecular flexibility index (Phi) is 8.77. The van der Waals surface area contributed by atoms with Crippen molar-refractivity contribution in [1.29, 1.82) is 0 Å². The van der Waals surface area contributed by atoms with Crippen LogP contribution in [0, 0.1) is 0 Å². The van der Waals surface area contributed by atoms with E-state index in [9.17, 15) is 22.8 Å². The van der Waals surface area contributed by atoms with E-state index < -0.39 is 17.6 Å². The molecule has 222 valence electrons. The molecule has 0 saturated carbocycles. The number of carbonyl (C=O) groups is 2. The van der Waals surface area contributed by atoms with Crippen molar-refractivity contribution in [2.75, 3.05) is 43.5 Å². The maximum atomic E-state index is 13.1. The summed E-state index contributed by atoms with van der Waals surface area (Å²) in [5, 5.41) is 3.24. The zero-order valence-electron chi connectivity index (χ0n) is 23.0. The standard InChI is InChI=1S/C32H27ClF3N3O4/c1-42-29-12-5-23(33)20-27(29)31(41)39-17-15-38(16-18-39)25-8-6-24(7-9-25)37-30(40)14-11-26-10-13-28(43-26)21-3-2-4-22(19-21)32(34,35)36/h2-14,19-20H,15-18H2,1H3,(H,37,40)/b14-11+. The van der Waals surface area contributed by atoms with E-state index in [-0.39, 0.29) is 17.2 Å². The minimum atomic E-state index is -4.45. The van der Waals surface area contributed by atoms with E-state index in [4.69, 9.17) is 20.8 Å². The fraction of sp³-hybridized carbons (Fsp3) is 0.188. The lowest BCUT2D eigenvalue weighted by molar-refractivity contribution is -0.137. The largest absolute Gasteiger partial charge is 0.496 e. The van der Waals surface area contributed by atoms with Crippen LogP contribution >= 0.6 is 11.6 Å². The number of anilines is 2. The molecular formula is C32H27ClF3N3O4. The van der Waals surface area contributed by atoms with Crippen LogP contribution in [0.1, 0.15) is 21.7 Å². The number of nitrogens with zero attached hydrogens (tertiary/aromatic N) is 2. The van der Waals surface area contributed by atoms with Crippen LogP contribution in [0.25, 0.3) is 17.4 Å². The number of piperazine rings is 1. The molecule has 4 aromatic rings. The summed E-state index contributed by atoms with van der Waals surface area (Å²) >= 11 is 6.09. The predicted octanol–water partition coefficient (Wildman–Crippen LogP) is 7.24. The Labute approximate surface area is 251 Å². The molecular weight excluding hydrogens is 583 g/mol. The predicted molar refractivity (Wildman–Crippen MR) is 159 cm³/mol. The van der Waals surface area contributed by atoms with Crippen molar-refractivity contribution < 1.29 is 31.9 Å². The molecule has 2 heterocycles. The number of nitrogens with one attached hydrogen (secondary N) is 1. The lowest BCUT2D eigenvalue weighted by atomic mass is 10.1. The number of hydrogen-bond acceptors (Lipinski definition) is 5. The lowest BCUT2D eigenvalue weighted by Gasteiger charge is -2.36. The molecule has 1 aliphatic rings. The van der Waals surface area contributed by atoms with Crippen molar-refractivity contribution in [3.05, 3.63) is 107 Å². The van der Waals surface area contributed by atoms with E-state index in [1.165, 1.54) is 31.4 Å². The highest BCUT2D eigenvalue weighted by Gasteiger charge is 2.30. The van der Waals surface area contributed by atoms with Crippen LogP contribution in [0.5, 0.6) is 5.75 Å². The fourth-order valence-corrected chi connectivity index (χ4v) is 4.90. The third-order valence-corrected chi connectivity index (χ3v) is 7.19. The number of alkyl halides is 3. The zero-order valence-corrected chi connectivity index (χ0v) is 23.8. The number of furan rings is 1. The first-order chi connectivity index (χ1) is 20.6. The summed E-state index contributed by atoms with van der Waals surface area (Å²) in [7, 11) is 1.52. The van der Waals surface area contributed by atoms with Crippen LogP contribution in [0.4, 0.5) is 24.5 Å². The number of carbonyl (C=O) groups excluding carboxylic acids is 2. The van der Waals surface area contributed by atoms with Gasteiger partial charge < -0.3 is 24.3 Å². The van der Waals surface area contributed by atoms with Crippen LogP contribution < -0.4 is 15.0 Å². The van der Waals surface area contributed by atoms with Gasteiger partial charge >= 0.3 is 6.18 Å². The van der Waals surface area contributed by atoms with Crippen LogP contribution in [-0.2, 0) is 11.0 Å². The molecule has 1 fully saturated rings. The van der Waals surface area contributed by atoms with Crippen molar-refractivity contribution in [2.45, 2.75) is 6.18 Å². The van der Waals surface area contributed by atoms with Crippen molar-refractivity contribution >= 4 is 40.9 Å². The number of methoxy groups -OCH3 is 1. The van der Waals surface area contributed by atoms with Crippen molar-refractivity contribution in [3.8, 4) is 17.1 Å². The number of amides is 2. The van der Waals surface area contributed by atoms with Crippen molar-refractivity contribution in [1.82, 2.24) is 4.90 Å². The van der Waals surface area contributed by atoms with E-state index in [1.54, 1.807) is 47.4 Å². The molecule has 43 heavy (non-hydrogen) atoms. The zero-order chi connectivity index (χ0) is 30.6. The summed E-state index contributed by atoms with van der Waals surface area (Å²) < 4.78 is 50.0. The maximum Gasteiger partial charge on any atom is 0.416 e. The number of ether oxygens (including phenoxy) is 1. The molecule has 0 spiro atoms. The van der Waals surface area contributed by atoms with Crippen LogP contribution in [-0.4, -0.2) is 50.0 Å². The first-order valence-corrected chi connectivity index (χ1v) is 13.7. The Morgan fingerprint density at radius 3 is 2.40 bits per heavy atom. The highest BCUT2D eigenvalue weighted by atomic mass is 35.5. The van der Waals surface area contributed by atoms with Gasteiger partial charge in [0.15, 0.2) is 0 Å². The minimum Gasteiger partial charge on any atom is -0.496 e. The molecule has 1 aliphatic heterocycles. The third-order valence-electron chi connectivity index (χ3n) is 6.96. The molecule has 7 nitrogen and oxygen atoms in total. The van der Waals surface area contributed by atoms with Gasteiger partial charge in [-0.2, -0.15) is 13.2 Å². The molecule has 2 amide bonds. The summed E-state index contributed by atoms with van der Waals surface area (Å²) in [4.78, 5) is 29.4. The van der Waals surface area contributed by atoms with Gasteiger partial charge in [-0.25, -0.2) is 0 Å². The number of halogens is 4. The second-order valence-electron chi connectivity index (χ2n) is 9.77. The monoisotopic (exact) mass is 609 g/mol. The van der Waals surface area contributed by atoms with Gasteiger partial charge in [0.25, 0.3) is 5.91 Å². The lowest BCUT2D eigenvalue weighted by Crippen LogP contribution is -2.48. The molecule has 0 aliphatic carbocycles. The number of hydrogen-bond donors (Lipinski definition) is 1. The maximum absolute atomic E-state index is 13.1. The Morgan fingerprint density at radius 1 is 0.953 bits per heavy atom. The topological polar surface area (TPSA) is 75.0 Å². The SMILES string of the molecule is COc1ccc(Cl)cc1C(=O)N1CCN(c2ccc(NC(=O)/C=C/c3ccc(-c4cccc(C(F)(F)F)c4)o3)cc2)CC1. The first-order valence-electron chi connectivity index (χ1n) is 13.3. The number of rotatable bonds is 7. The summed E-state index contributed by atoms with van der Waals surface area (Å²) in [5.41, 5.74) is 1.49. The third kappa shape index (κ3) is 7.21. The van der Waals surface area contributed by atoms with Crippen LogP contribution in [0.3, 0.4) is 0 Å². The Hall–Kier alpha value is -4.70. The fourth-order valence-electron chi connectivity index (χ4n) is 4.73. The molecule has 1 N–H and O–H groups in total. The number of benzene rings is 3. The quantitative estimate of drug-likeness (QED) is 0.224. The van der Waals surface area contributed by atoms with Gasteiger partial charge in [-0.1, -0.05) is 23.7 Å². The summed E-state index contributed by atoms with van der Waals surface area (Å²) in [5.74, 6) is 0.536. The van der Waals surface area contributed by atoms with Gasteiger partial charge in [0, 0.05) is 54.2 Å². The van der Waals surface area contributed by atoms with Gasteiger partial charge in [0.05, 0.1) is 18.2 Å². The van der Waals surface area contributed by atoms with Gasteiger partial charge in [-0.3, -0.25) is 9.59 Å². The minimum absolute atomic E-state index is 0.133. The van der Waals surface area contributed by atoms with E-state index in [0.29, 0.717) is 54.0 Å². The second kappa shape index (κ2) is 12.7. The van der Waals surface area contributed by atoms with Crippen LogP contribution in [0.2, 0.25) is 5.02 Å². The normalized spacial score (nSPS) is 13.8. The van der Waals surface area contributed by atoms with Crippen molar-refractivity contribution in [3.63, 3.8) is 0 Å². The van der Waals surface area contributed by atoms with E-state index in [1.807, 2.05) is 12.1 Å². The molecule has 1 aromatic heterocycles. The highest BCUT2D eigenvalue weighted by molar-refractivity contribution is 6.31. The Balaban J connectivity index is 1.14. The molecule has 0 radical (unpaired) electrons. The van der Waals surface area contributed by atoms with Crippen molar-refractivity contribution in [2.24, 2.45) is 0 Å². The van der Waals surface area contributed by atoms with E-state index in [2.05, 4.69) is 10.2 Å². The van der Waals surface area contributed by atoms with Gasteiger partial charge in [0.2, 0.25) is 5.91 Å². The smallest absolute Gasteiger partial charge is 0.416 e. The van der Waals surface area contributed by atoms with Gasteiger partial charge in [0.1, 0.15) is 17.3 Å². The summed E-state index contributed by atoms with van der Waals surface area (Å²) in [6, 6.07) is 20.3. The Bertz CT molecular complexity index is 1640. The molecule has 1 saturated heterocycles. The average molecular weight is 610 g/mol. The average Bonchev–Trinajstić information content (AvgIpc) is 3.49. The molecule has 0 atom stereocenters. The molecule has 0 unspecified atom stereocenters. The Morgan fingerprint density at radius 2 is 1.70 bits per heavy atom. The summed E-state index contributed by atoms with van der Waals surface area (Å²) in [6.07, 6.45) is -1.72. The molecule has 3 aromatic carbocycles. The van der Waals surface area contributed by atoms with Gasteiger partial charge in [-0.05, 0) is 72.8 Å².